The monoisotopic (exact) mass is 161 g/mol. The van der Waals surface area contributed by atoms with E-state index in [9.17, 15) is 4.79 Å². The number of carboxylic acid groups (broad SMARTS) is 1. The molecule has 0 spiro atoms. The fourth-order valence-corrected chi connectivity index (χ4v) is 0.741. The third-order valence-electron chi connectivity index (χ3n) is 0.989. The first kappa shape index (κ1) is 9.52. The number of aliphatic carboxylic acids is 1. The molecule has 0 aromatic rings. The Morgan fingerprint density at radius 1 is 1.90 bits per heavy atom. The summed E-state index contributed by atoms with van der Waals surface area (Å²) in [6.45, 7) is 3.94. The van der Waals surface area contributed by atoms with E-state index in [1.54, 1.807) is 6.08 Å². The molecule has 0 heterocycles. The minimum atomic E-state index is -0.878. The molecule has 1 atom stereocenters. The summed E-state index contributed by atoms with van der Waals surface area (Å²) in [6, 6.07) is -0.568. The van der Waals surface area contributed by atoms with Crippen molar-refractivity contribution in [2.75, 3.05) is 12.3 Å². The van der Waals surface area contributed by atoms with E-state index in [-0.39, 0.29) is 0 Å². The minimum Gasteiger partial charge on any atom is -0.480 e. The third kappa shape index (κ3) is 3.53. The van der Waals surface area contributed by atoms with Gasteiger partial charge in [0.25, 0.3) is 0 Å². The third-order valence-corrected chi connectivity index (χ3v) is 1.35. The molecule has 0 radical (unpaired) electrons. The number of nitrogens with one attached hydrogen (secondary N) is 1. The topological polar surface area (TPSA) is 49.3 Å². The zero-order valence-corrected chi connectivity index (χ0v) is 6.47. The molecule has 0 aliphatic heterocycles. The van der Waals surface area contributed by atoms with Gasteiger partial charge in [-0.1, -0.05) is 6.08 Å². The number of thiol groups is 1. The van der Waals surface area contributed by atoms with Gasteiger partial charge in [0.05, 0.1) is 0 Å². The lowest BCUT2D eigenvalue weighted by Crippen LogP contribution is -2.38. The van der Waals surface area contributed by atoms with Gasteiger partial charge in [-0.3, -0.25) is 4.79 Å². The van der Waals surface area contributed by atoms with Crippen LogP contribution in [0, 0.1) is 0 Å². The number of carboxylic acids is 1. The van der Waals surface area contributed by atoms with Gasteiger partial charge in [0, 0.05) is 12.3 Å². The van der Waals surface area contributed by atoms with Crippen molar-refractivity contribution in [3.63, 3.8) is 0 Å². The fraction of sp³-hybridized carbons (Fsp3) is 0.500. The van der Waals surface area contributed by atoms with Crippen molar-refractivity contribution in [3.8, 4) is 0 Å². The van der Waals surface area contributed by atoms with Gasteiger partial charge < -0.3 is 10.4 Å². The molecule has 3 nitrogen and oxygen atoms in total. The van der Waals surface area contributed by atoms with E-state index in [2.05, 4.69) is 24.5 Å². The second kappa shape index (κ2) is 5.32. The second-order valence-corrected chi connectivity index (χ2v) is 2.14. The molecule has 0 amide bonds. The molecular formula is C6H11NO2S. The van der Waals surface area contributed by atoms with Crippen LogP contribution in [0.2, 0.25) is 0 Å². The van der Waals surface area contributed by atoms with Gasteiger partial charge in [-0.15, -0.1) is 6.58 Å². The standard InChI is InChI=1S/C6H11NO2S/c1-2-3-7-5(4-10)6(8)9/h2,5,7,10H,1,3-4H2,(H,8,9)/t5-/m0/s1. The highest BCUT2D eigenvalue weighted by Crippen LogP contribution is 1.86. The summed E-state index contributed by atoms with van der Waals surface area (Å²) in [6.07, 6.45) is 1.61. The van der Waals surface area contributed by atoms with Gasteiger partial charge in [0.2, 0.25) is 0 Å². The minimum absolute atomic E-state index is 0.295. The van der Waals surface area contributed by atoms with Gasteiger partial charge in [0.15, 0.2) is 0 Å². The van der Waals surface area contributed by atoms with Crippen LogP contribution in [0.25, 0.3) is 0 Å². The van der Waals surface area contributed by atoms with Crippen molar-refractivity contribution in [2.24, 2.45) is 0 Å². The Balaban J connectivity index is 3.60. The summed E-state index contributed by atoms with van der Waals surface area (Å²) in [5.74, 6) is -0.583. The van der Waals surface area contributed by atoms with Crippen molar-refractivity contribution in [3.05, 3.63) is 12.7 Å². The highest BCUT2D eigenvalue weighted by molar-refractivity contribution is 7.80. The van der Waals surface area contributed by atoms with Crippen LogP contribution >= 0.6 is 12.6 Å². The smallest absolute Gasteiger partial charge is 0.321 e. The van der Waals surface area contributed by atoms with Crippen LogP contribution in [-0.2, 0) is 4.79 Å². The second-order valence-electron chi connectivity index (χ2n) is 1.77. The van der Waals surface area contributed by atoms with Gasteiger partial charge in [0.1, 0.15) is 6.04 Å². The average Bonchev–Trinajstić information content (AvgIpc) is 1.89. The number of hydrogen-bond acceptors (Lipinski definition) is 3. The van der Waals surface area contributed by atoms with Crippen molar-refractivity contribution >= 4 is 18.6 Å². The van der Waals surface area contributed by atoms with E-state index in [1.807, 2.05) is 0 Å². The number of hydrogen-bond donors (Lipinski definition) is 3. The first-order valence-electron chi connectivity index (χ1n) is 2.90. The molecule has 10 heavy (non-hydrogen) atoms. The van der Waals surface area contributed by atoms with Crippen LogP contribution in [0.15, 0.2) is 12.7 Å². The molecule has 0 bridgehead atoms. The van der Waals surface area contributed by atoms with Gasteiger partial charge in [-0.05, 0) is 0 Å². The van der Waals surface area contributed by atoms with Crippen LogP contribution < -0.4 is 5.32 Å². The van der Waals surface area contributed by atoms with Crippen molar-refractivity contribution in [2.45, 2.75) is 6.04 Å². The van der Waals surface area contributed by atoms with E-state index < -0.39 is 12.0 Å². The Bertz CT molecular complexity index is 127. The van der Waals surface area contributed by atoms with E-state index >= 15 is 0 Å². The van der Waals surface area contributed by atoms with E-state index in [1.165, 1.54) is 0 Å². The summed E-state index contributed by atoms with van der Waals surface area (Å²) in [5.41, 5.74) is 0. The molecule has 0 aliphatic rings. The maximum atomic E-state index is 10.3. The van der Waals surface area contributed by atoms with E-state index in [0.717, 1.165) is 0 Å². The Labute approximate surface area is 65.5 Å². The zero-order chi connectivity index (χ0) is 7.98. The molecule has 0 rings (SSSR count). The summed E-state index contributed by atoms with van der Waals surface area (Å²) in [5, 5.41) is 11.2. The van der Waals surface area contributed by atoms with Crippen molar-refractivity contribution in [1.82, 2.24) is 5.32 Å². The van der Waals surface area contributed by atoms with Crippen LogP contribution in [0.5, 0.6) is 0 Å². The zero-order valence-electron chi connectivity index (χ0n) is 5.58. The first-order valence-corrected chi connectivity index (χ1v) is 3.53. The van der Waals surface area contributed by atoms with Crippen molar-refractivity contribution in [1.29, 1.82) is 0 Å². The SMILES string of the molecule is C=CCN[C@@H](CS)C(=O)O. The van der Waals surface area contributed by atoms with Crippen LogP contribution in [-0.4, -0.2) is 29.4 Å². The summed E-state index contributed by atoms with van der Waals surface area (Å²) < 4.78 is 0. The Morgan fingerprint density at radius 3 is 2.80 bits per heavy atom. The predicted octanol–water partition coefficient (Wildman–Crippen LogP) is 0.145. The molecule has 0 fully saturated rings. The lowest BCUT2D eigenvalue weighted by Gasteiger charge is -2.08. The van der Waals surface area contributed by atoms with E-state index in [0.29, 0.717) is 12.3 Å². The highest BCUT2D eigenvalue weighted by Gasteiger charge is 2.12. The van der Waals surface area contributed by atoms with Crippen LogP contribution in [0.4, 0.5) is 0 Å². The van der Waals surface area contributed by atoms with E-state index in [4.69, 9.17) is 5.11 Å². The molecule has 2 N–H and O–H groups in total. The fourth-order valence-electron chi connectivity index (χ4n) is 0.456. The molecule has 0 saturated carbocycles. The summed E-state index contributed by atoms with van der Waals surface area (Å²) in [4.78, 5) is 10.3. The van der Waals surface area contributed by atoms with Crippen molar-refractivity contribution < 1.29 is 9.90 Å². The first-order chi connectivity index (χ1) is 4.72. The average molecular weight is 161 g/mol. The molecular weight excluding hydrogens is 150 g/mol. The lowest BCUT2D eigenvalue weighted by molar-refractivity contribution is -0.138. The lowest BCUT2D eigenvalue weighted by atomic mass is 10.3. The Morgan fingerprint density at radius 2 is 2.50 bits per heavy atom. The molecule has 0 unspecified atom stereocenters. The number of rotatable bonds is 5. The quantitative estimate of drug-likeness (QED) is 0.397. The molecule has 58 valence electrons. The normalized spacial score (nSPS) is 12.5. The number of carbonyl (C=O) groups is 1. The van der Waals surface area contributed by atoms with Crippen LogP contribution in [0.3, 0.4) is 0 Å². The molecule has 0 saturated heterocycles. The van der Waals surface area contributed by atoms with Gasteiger partial charge in [-0.2, -0.15) is 12.6 Å². The van der Waals surface area contributed by atoms with Crippen LogP contribution in [0.1, 0.15) is 0 Å². The van der Waals surface area contributed by atoms with Gasteiger partial charge in [-0.25, -0.2) is 0 Å². The molecule has 4 heteroatoms. The van der Waals surface area contributed by atoms with Gasteiger partial charge >= 0.3 is 5.97 Å². The maximum absolute atomic E-state index is 10.3. The molecule has 0 aromatic carbocycles. The Kier molecular flexibility index (Phi) is 5.06. The highest BCUT2D eigenvalue weighted by atomic mass is 32.1. The summed E-state index contributed by atoms with van der Waals surface area (Å²) >= 11 is 3.85. The maximum Gasteiger partial charge on any atom is 0.321 e. The summed E-state index contributed by atoms with van der Waals surface area (Å²) in [7, 11) is 0. The predicted molar refractivity (Wildman–Crippen MR) is 43.5 cm³/mol. The molecule has 0 aliphatic carbocycles. The molecule has 0 aromatic heterocycles. The Hall–Kier alpha value is -0.480. The largest absolute Gasteiger partial charge is 0.480 e.